The van der Waals surface area contributed by atoms with Gasteiger partial charge in [0, 0.05) is 18.0 Å². The molecule has 0 fully saturated rings. The Bertz CT molecular complexity index is 927. The SMILES string of the molecule is Cc1ccc(-c2cncc(-c3nc(-c4cocn4)no3)c2)cc1. The van der Waals surface area contributed by atoms with E-state index in [2.05, 4.69) is 51.3 Å². The third-order valence-corrected chi connectivity index (χ3v) is 3.46. The van der Waals surface area contributed by atoms with Gasteiger partial charge < -0.3 is 8.94 Å². The van der Waals surface area contributed by atoms with Gasteiger partial charge in [-0.3, -0.25) is 4.98 Å². The predicted molar refractivity (Wildman–Crippen MR) is 83.2 cm³/mol. The molecule has 3 heterocycles. The Labute approximate surface area is 131 Å². The Morgan fingerprint density at radius 1 is 0.957 bits per heavy atom. The van der Waals surface area contributed by atoms with E-state index in [4.69, 9.17) is 8.94 Å². The maximum atomic E-state index is 5.30. The molecule has 112 valence electrons. The van der Waals surface area contributed by atoms with Gasteiger partial charge in [0.15, 0.2) is 6.39 Å². The normalized spacial score (nSPS) is 10.8. The number of aryl methyl sites for hydroxylation is 1. The van der Waals surface area contributed by atoms with E-state index in [1.54, 1.807) is 6.20 Å². The standard InChI is InChI=1S/C17H12N4O2/c1-11-2-4-12(5-3-11)13-6-14(8-18-7-13)17-20-16(21-23-17)15-9-22-10-19-15/h2-10H,1H3. The number of pyridine rings is 1. The van der Waals surface area contributed by atoms with E-state index in [1.807, 2.05) is 12.3 Å². The monoisotopic (exact) mass is 304 g/mol. The fraction of sp³-hybridized carbons (Fsp3) is 0.0588. The zero-order valence-corrected chi connectivity index (χ0v) is 12.3. The van der Waals surface area contributed by atoms with E-state index < -0.39 is 0 Å². The van der Waals surface area contributed by atoms with Crippen LogP contribution in [0, 0.1) is 6.92 Å². The van der Waals surface area contributed by atoms with Crippen molar-refractivity contribution in [1.82, 2.24) is 20.1 Å². The van der Waals surface area contributed by atoms with Crippen molar-refractivity contribution in [2.75, 3.05) is 0 Å². The molecule has 6 heteroatoms. The summed E-state index contributed by atoms with van der Waals surface area (Å²) in [4.78, 5) is 12.6. The molecule has 0 spiro atoms. The highest BCUT2D eigenvalue weighted by Crippen LogP contribution is 2.25. The zero-order valence-electron chi connectivity index (χ0n) is 12.3. The Kier molecular flexibility index (Phi) is 3.20. The highest BCUT2D eigenvalue weighted by Gasteiger charge is 2.13. The van der Waals surface area contributed by atoms with E-state index in [0.717, 1.165) is 16.7 Å². The number of rotatable bonds is 3. The van der Waals surface area contributed by atoms with Crippen LogP contribution in [0.15, 0.2) is 64.3 Å². The maximum Gasteiger partial charge on any atom is 0.259 e. The smallest absolute Gasteiger partial charge is 0.259 e. The van der Waals surface area contributed by atoms with Gasteiger partial charge in [-0.15, -0.1) is 0 Å². The Morgan fingerprint density at radius 2 is 1.78 bits per heavy atom. The summed E-state index contributed by atoms with van der Waals surface area (Å²) in [5.41, 5.74) is 4.57. The highest BCUT2D eigenvalue weighted by atomic mass is 16.5. The minimum absolute atomic E-state index is 0.384. The first kappa shape index (κ1) is 13.4. The van der Waals surface area contributed by atoms with Crippen LogP contribution in [0.3, 0.4) is 0 Å². The van der Waals surface area contributed by atoms with Crippen LogP contribution in [0.5, 0.6) is 0 Å². The van der Waals surface area contributed by atoms with Crippen LogP contribution in [0.2, 0.25) is 0 Å². The topological polar surface area (TPSA) is 77.8 Å². The van der Waals surface area contributed by atoms with E-state index >= 15 is 0 Å². The fourth-order valence-electron chi connectivity index (χ4n) is 2.23. The molecule has 0 aliphatic rings. The molecule has 0 radical (unpaired) electrons. The van der Waals surface area contributed by atoms with Gasteiger partial charge in [-0.05, 0) is 18.6 Å². The molecule has 0 amide bonds. The summed E-state index contributed by atoms with van der Waals surface area (Å²) in [6.45, 7) is 2.06. The number of aromatic nitrogens is 4. The molecule has 0 saturated heterocycles. The fourth-order valence-corrected chi connectivity index (χ4v) is 2.23. The van der Waals surface area contributed by atoms with Crippen molar-refractivity contribution < 1.29 is 8.94 Å². The number of oxazole rings is 1. The molecule has 0 N–H and O–H groups in total. The molecule has 3 aromatic heterocycles. The summed E-state index contributed by atoms with van der Waals surface area (Å²) in [6, 6.07) is 10.2. The van der Waals surface area contributed by atoms with Gasteiger partial charge in [-0.1, -0.05) is 35.0 Å². The van der Waals surface area contributed by atoms with Crippen LogP contribution >= 0.6 is 0 Å². The lowest BCUT2D eigenvalue weighted by atomic mass is 10.0. The third-order valence-electron chi connectivity index (χ3n) is 3.46. The summed E-state index contributed by atoms with van der Waals surface area (Å²) >= 11 is 0. The van der Waals surface area contributed by atoms with Crippen LogP contribution in [0.1, 0.15) is 5.56 Å². The number of benzene rings is 1. The lowest BCUT2D eigenvalue weighted by molar-refractivity contribution is 0.432. The Balaban J connectivity index is 1.70. The molecule has 0 saturated carbocycles. The first-order chi connectivity index (χ1) is 11.3. The van der Waals surface area contributed by atoms with Crippen molar-refractivity contribution in [3.63, 3.8) is 0 Å². The van der Waals surface area contributed by atoms with Crippen molar-refractivity contribution in [3.8, 4) is 34.1 Å². The van der Waals surface area contributed by atoms with Gasteiger partial charge in [0.1, 0.15) is 12.0 Å². The molecule has 0 unspecified atom stereocenters. The van der Waals surface area contributed by atoms with Crippen LogP contribution in [-0.2, 0) is 0 Å². The van der Waals surface area contributed by atoms with Crippen molar-refractivity contribution in [2.45, 2.75) is 6.92 Å². The number of nitrogens with zero attached hydrogens (tertiary/aromatic N) is 4. The second-order valence-electron chi connectivity index (χ2n) is 5.13. The Hall–Kier alpha value is -3.28. The summed E-state index contributed by atoms with van der Waals surface area (Å²) in [5, 5.41) is 3.91. The van der Waals surface area contributed by atoms with Crippen molar-refractivity contribution >= 4 is 0 Å². The molecule has 4 aromatic rings. The summed E-state index contributed by atoms with van der Waals surface area (Å²) in [5.74, 6) is 0.777. The van der Waals surface area contributed by atoms with Gasteiger partial charge in [0.05, 0.1) is 5.56 Å². The van der Waals surface area contributed by atoms with Gasteiger partial charge in [-0.25, -0.2) is 4.98 Å². The van der Waals surface area contributed by atoms with E-state index in [-0.39, 0.29) is 0 Å². The van der Waals surface area contributed by atoms with Crippen molar-refractivity contribution in [1.29, 1.82) is 0 Å². The summed E-state index contributed by atoms with van der Waals surface area (Å²) in [7, 11) is 0. The summed E-state index contributed by atoms with van der Waals surface area (Å²) < 4.78 is 10.2. The molecular formula is C17H12N4O2. The minimum atomic E-state index is 0.384. The maximum absolute atomic E-state index is 5.30. The molecule has 0 bridgehead atoms. The second-order valence-corrected chi connectivity index (χ2v) is 5.13. The molecule has 23 heavy (non-hydrogen) atoms. The van der Waals surface area contributed by atoms with Crippen LogP contribution in [0.4, 0.5) is 0 Å². The molecular weight excluding hydrogens is 292 g/mol. The highest BCUT2D eigenvalue weighted by molar-refractivity contribution is 5.68. The number of hydrogen-bond acceptors (Lipinski definition) is 6. The molecule has 0 aliphatic heterocycles. The molecule has 4 rings (SSSR count). The van der Waals surface area contributed by atoms with Crippen LogP contribution < -0.4 is 0 Å². The molecule has 0 aliphatic carbocycles. The van der Waals surface area contributed by atoms with Gasteiger partial charge in [0.2, 0.25) is 5.82 Å². The largest absolute Gasteiger partial charge is 0.451 e. The third kappa shape index (κ3) is 2.62. The average Bonchev–Trinajstić information content (AvgIpc) is 3.27. The first-order valence-electron chi connectivity index (χ1n) is 7.04. The van der Waals surface area contributed by atoms with Crippen molar-refractivity contribution in [3.05, 3.63) is 60.9 Å². The first-order valence-corrected chi connectivity index (χ1v) is 7.04. The lowest BCUT2D eigenvalue weighted by Crippen LogP contribution is -1.85. The van der Waals surface area contributed by atoms with Crippen molar-refractivity contribution in [2.24, 2.45) is 0 Å². The van der Waals surface area contributed by atoms with Gasteiger partial charge in [0.25, 0.3) is 5.89 Å². The number of hydrogen-bond donors (Lipinski definition) is 0. The second kappa shape index (κ2) is 5.49. The molecule has 6 nitrogen and oxygen atoms in total. The molecule has 0 atom stereocenters. The Morgan fingerprint density at radius 3 is 2.57 bits per heavy atom. The van der Waals surface area contributed by atoms with Crippen LogP contribution in [0.25, 0.3) is 34.1 Å². The van der Waals surface area contributed by atoms with E-state index in [0.29, 0.717) is 17.4 Å². The summed E-state index contributed by atoms with van der Waals surface area (Å²) in [6.07, 6.45) is 6.29. The van der Waals surface area contributed by atoms with E-state index in [1.165, 1.54) is 18.2 Å². The average molecular weight is 304 g/mol. The van der Waals surface area contributed by atoms with Gasteiger partial charge in [-0.2, -0.15) is 4.98 Å². The lowest BCUT2D eigenvalue weighted by Gasteiger charge is -2.03. The quantitative estimate of drug-likeness (QED) is 0.573. The minimum Gasteiger partial charge on any atom is -0.451 e. The molecule has 1 aromatic carbocycles. The zero-order chi connectivity index (χ0) is 15.6. The van der Waals surface area contributed by atoms with E-state index in [9.17, 15) is 0 Å². The van der Waals surface area contributed by atoms with Crippen LogP contribution in [-0.4, -0.2) is 20.1 Å². The van der Waals surface area contributed by atoms with Gasteiger partial charge >= 0.3 is 0 Å². The predicted octanol–water partition coefficient (Wildman–Crippen LogP) is 3.76.